The molecule has 0 bridgehead atoms. The molecule has 37 heavy (non-hydrogen) atoms. The summed E-state index contributed by atoms with van der Waals surface area (Å²) in [5.41, 5.74) is 9.44. The van der Waals surface area contributed by atoms with Crippen LogP contribution in [-0.2, 0) is 16.0 Å². The van der Waals surface area contributed by atoms with Crippen LogP contribution in [0.4, 0.5) is 29.2 Å². The number of anilines is 5. The van der Waals surface area contributed by atoms with E-state index in [0.717, 1.165) is 86.4 Å². The summed E-state index contributed by atoms with van der Waals surface area (Å²) in [6.45, 7) is 8.17. The fraction of sp³-hybridized carbons (Fsp3) is 0.440. The topological polar surface area (TPSA) is 130 Å². The van der Waals surface area contributed by atoms with E-state index in [1.54, 1.807) is 19.3 Å². The van der Waals surface area contributed by atoms with Gasteiger partial charge in [0.25, 0.3) is 0 Å². The highest BCUT2D eigenvalue weighted by molar-refractivity contribution is 5.77. The highest BCUT2D eigenvalue weighted by Gasteiger charge is 2.30. The van der Waals surface area contributed by atoms with Crippen LogP contribution in [0.25, 0.3) is 11.3 Å². The summed E-state index contributed by atoms with van der Waals surface area (Å²) in [6, 6.07) is 4.15. The number of nitrogen functional groups attached to an aromatic ring is 1. The number of morpholine rings is 1. The maximum atomic E-state index is 11.6. The van der Waals surface area contributed by atoms with Crippen LogP contribution in [0.2, 0.25) is 0 Å². The van der Waals surface area contributed by atoms with E-state index in [0.29, 0.717) is 19.2 Å². The van der Waals surface area contributed by atoms with Crippen LogP contribution in [0.5, 0.6) is 0 Å². The molecule has 2 N–H and O–H groups in total. The van der Waals surface area contributed by atoms with Crippen LogP contribution in [0, 0.1) is 0 Å². The number of rotatable bonds is 4. The zero-order chi connectivity index (χ0) is 25.4. The van der Waals surface area contributed by atoms with E-state index in [9.17, 15) is 4.79 Å². The quantitative estimate of drug-likeness (QED) is 0.551. The number of aromatic nitrogens is 5. The first-order valence-corrected chi connectivity index (χ1v) is 12.6. The van der Waals surface area contributed by atoms with E-state index in [1.165, 1.54) is 0 Å². The van der Waals surface area contributed by atoms with Gasteiger partial charge in [0.05, 0.1) is 30.8 Å². The van der Waals surface area contributed by atoms with Crippen LogP contribution >= 0.6 is 0 Å². The molecule has 12 heteroatoms. The van der Waals surface area contributed by atoms with E-state index < -0.39 is 0 Å². The van der Waals surface area contributed by atoms with Gasteiger partial charge in [0.15, 0.2) is 0 Å². The second kappa shape index (κ2) is 9.77. The Kier molecular flexibility index (Phi) is 6.16. The first kappa shape index (κ1) is 23.3. The lowest BCUT2D eigenvalue weighted by Gasteiger charge is -2.35. The second-order valence-corrected chi connectivity index (χ2v) is 9.37. The zero-order valence-corrected chi connectivity index (χ0v) is 20.9. The third kappa shape index (κ3) is 4.59. The number of hydrogen-bond acceptors (Lipinski definition) is 11. The molecule has 0 spiro atoms. The number of carbonyl (C=O) groups is 1. The van der Waals surface area contributed by atoms with Gasteiger partial charge in [-0.25, -0.2) is 19.9 Å². The molecule has 1 amide bonds. The number of ether oxygens (including phenoxy) is 1. The number of amides is 1. The molecule has 2 saturated heterocycles. The van der Waals surface area contributed by atoms with Crippen molar-refractivity contribution in [2.45, 2.75) is 13.3 Å². The van der Waals surface area contributed by atoms with Crippen molar-refractivity contribution in [3.63, 3.8) is 0 Å². The van der Waals surface area contributed by atoms with Crippen molar-refractivity contribution < 1.29 is 9.53 Å². The largest absolute Gasteiger partial charge is 0.378 e. The van der Waals surface area contributed by atoms with Crippen molar-refractivity contribution in [3.05, 3.63) is 36.3 Å². The molecule has 0 radical (unpaired) electrons. The minimum Gasteiger partial charge on any atom is -0.378 e. The molecule has 0 aromatic carbocycles. The summed E-state index contributed by atoms with van der Waals surface area (Å²) < 4.78 is 5.54. The Morgan fingerprint density at radius 3 is 2.32 bits per heavy atom. The summed E-state index contributed by atoms with van der Waals surface area (Å²) in [5, 5.41) is 0. The molecule has 6 heterocycles. The van der Waals surface area contributed by atoms with Gasteiger partial charge < -0.3 is 30.1 Å². The first-order chi connectivity index (χ1) is 18.1. The molecule has 0 aliphatic carbocycles. The zero-order valence-electron chi connectivity index (χ0n) is 20.9. The SMILES string of the molecule is CC(=O)N1CCN(c2ccc(N3CCc4c(-c5cnc(N)nc5)nc(N5CCOCC5)nc43)cn2)CC1. The Labute approximate surface area is 215 Å². The Morgan fingerprint density at radius 2 is 1.65 bits per heavy atom. The van der Waals surface area contributed by atoms with E-state index in [2.05, 4.69) is 36.8 Å². The molecular formula is C25H30N10O2. The predicted octanol–water partition coefficient (Wildman–Crippen LogP) is 1.11. The molecule has 2 fully saturated rings. The van der Waals surface area contributed by atoms with Gasteiger partial charge in [-0.2, -0.15) is 4.98 Å². The van der Waals surface area contributed by atoms with Crippen molar-refractivity contribution in [3.8, 4) is 11.3 Å². The number of fused-ring (bicyclic) bond motifs is 1. The molecule has 3 aromatic rings. The monoisotopic (exact) mass is 502 g/mol. The molecule has 0 atom stereocenters. The van der Waals surface area contributed by atoms with Gasteiger partial charge in [0.2, 0.25) is 17.8 Å². The average molecular weight is 503 g/mol. The summed E-state index contributed by atoms with van der Waals surface area (Å²) >= 11 is 0. The fourth-order valence-electron chi connectivity index (χ4n) is 5.07. The van der Waals surface area contributed by atoms with Gasteiger partial charge in [0.1, 0.15) is 11.6 Å². The summed E-state index contributed by atoms with van der Waals surface area (Å²) in [5.74, 6) is 2.83. The van der Waals surface area contributed by atoms with Gasteiger partial charge in [-0.3, -0.25) is 4.79 Å². The number of carbonyl (C=O) groups excluding carboxylic acids is 1. The average Bonchev–Trinajstić information content (AvgIpc) is 3.38. The maximum Gasteiger partial charge on any atom is 0.228 e. The Hall–Kier alpha value is -4.06. The third-order valence-corrected chi connectivity index (χ3v) is 7.15. The molecule has 0 saturated carbocycles. The molecule has 3 aliphatic heterocycles. The summed E-state index contributed by atoms with van der Waals surface area (Å²) in [4.78, 5) is 43.2. The van der Waals surface area contributed by atoms with Gasteiger partial charge in [-0.1, -0.05) is 0 Å². The molecule has 3 aliphatic rings. The smallest absolute Gasteiger partial charge is 0.228 e. The maximum absolute atomic E-state index is 11.6. The highest BCUT2D eigenvalue weighted by Crippen LogP contribution is 2.39. The highest BCUT2D eigenvalue weighted by atomic mass is 16.5. The van der Waals surface area contributed by atoms with Crippen molar-refractivity contribution >= 4 is 35.1 Å². The molecule has 0 unspecified atom stereocenters. The van der Waals surface area contributed by atoms with Crippen molar-refractivity contribution in [1.29, 1.82) is 0 Å². The lowest BCUT2D eigenvalue weighted by atomic mass is 10.1. The van der Waals surface area contributed by atoms with Crippen molar-refractivity contribution in [1.82, 2.24) is 29.8 Å². The lowest BCUT2D eigenvalue weighted by molar-refractivity contribution is -0.129. The summed E-state index contributed by atoms with van der Waals surface area (Å²) in [7, 11) is 0. The van der Waals surface area contributed by atoms with Crippen LogP contribution in [-0.4, -0.2) is 94.8 Å². The van der Waals surface area contributed by atoms with E-state index >= 15 is 0 Å². The van der Waals surface area contributed by atoms with Gasteiger partial charge in [0, 0.05) is 76.3 Å². The first-order valence-electron chi connectivity index (χ1n) is 12.6. The minimum absolute atomic E-state index is 0.124. The predicted molar refractivity (Wildman–Crippen MR) is 140 cm³/mol. The third-order valence-electron chi connectivity index (χ3n) is 7.15. The molecule has 12 nitrogen and oxygen atoms in total. The van der Waals surface area contributed by atoms with Crippen LogP contribution in [0.15, 0.2) is 30.7 Å². The van der Waals surface area contributed by atoms with E-state index in [4.69, 9.17) is 25.4 Å². The van der Waals surface area contributed by atoms with Gasteiger partial charge in [-0.05, 0) is 18.6 Å². The number of pyridine rings is 1. The molecular weight excluding hydrogens is 472 g/mol. The fourth-order valence-corrected chi connectivity index (χ4v) is 5.07. The number of nitrogens with two attached hydrogens (primary N) is 1. The number of piperazine rings is 1. The van der Waals surface area contributed by atoms with Crippen LogP contribution < -0.4 is 20.4 Å². The molecule has 6 rings (SSSR count). The number of nitrogens with zero attached hydrogens (tertiary/aromatic N) is 9. The van der Waals surface area contributed by atoms with Gasteiger partial charge >= 0.3 is 0 Å². The van der Waals surface area contributed by atoms with Crippen molar-refractivity contribution in [2.24, 2.45) is 0 Å². The summed E-state index contributed by atoms with van der Waals surface area (Å²) in [6.07, 6.45) is 6.15. The Balaban J connectivity index is 1.30. The molecule has 3 aromatic heterocycles. The van der Waals surface area contributed by atoms with Crippen LogP contribution in [0.3, 0.4) is 0 Å². The second-order valence-electron chi connectivity index (χ2n) is 9.37. The normalized spacial score (nSPS) is 17.8. The standard InChI is InChI=1S/C25H30N10O2/c1-17(36)32-6-8-33(9-7-32)21-3-2-19(16-27-21)35-5-4-20-22(18-14-28-24(26)29-15-18)30-25(31-23(20)35)34-10-12-37-13-11-34/h2-3,14-16H,4-13H2,1H3,(H2,26,28,29). The van der Waals surface area contributed by atoms with Crippen molar-refractivity contribution in [2.75, 3.05) is 79.5 Å². The Bertz CT molecular complexity index is 1270. The van der Waals surface area contributed by atoms with E-state index in [1.807, 2.05) is 11.1 Å². The molecule has 192 valence electrons. The Morgan fingerprint density at radius 1 is 0.892 bits per heavy atom. The minimum atomic E-state index is 0.124. The van der Waals surface area contributed by atoms with E-state index in [-0.39, 0.29) is 11.9 Å². The lowest BCUT2D eigenvalue weighted by Crippen LogP contribution is -2.48. The van der Waals surface area contributed by atoms with Crippen LogP contribution in [0.1, 0.15) is 12.5 Å². The van der Waals surface area contributed by atoms with Gasteiger partial charge in [-0.15, -0.1) is 0 Å². The number of hydrogen-bond donors (Lipinski definition) is 1.